The summed E-state index contributed by atoms with van der Waals surface area (Å²) in [5.41, 5.74) is 6.95. The van der Waals surface area contributed by atoms with Crippen LogP contribution in [0.25, 0.3) is 0 Å². The summed E-state index contributed by atoms with van der Waals surface area (Å²) in [6.07, 6.45) is 1.46. The summed E-state index contributed by atoms with van der Waals surface area (Å²) in [6, 6.07) is 9.76. The molecule has 1 aliphatic rings. The van der Waals surface area contributed by atoms with Crippen molar-refractivity contribution in [3.05, 3.63) is 59.4 Å². The normalized spacial score (nSPS) is 15.0. The molecule has 2 aromatic carbocycles. The molecule has 0 bridgehead atoms. The van der Waals surface area contributed by atoms with Crippen molar-refractivity contribution in [3.63, 3.8) is 0 Å². The van der Waals surface area contributed by atoms with E-state index in [0.29, 0.717) is 24.2 Å². The number of carbonyl (C=O) groups excluding carboxylic acids is 1. The van der Waals surface area contributed by atoms with Crippen molar-refractivity contribution in [2.75, 3.05) is 17.8 Å². The minimum atomic E-state index is -3.92. The predicted octanol–water partition coefficient (Wildman–Crippen LogP) is 2.92. The second-order valence-electron chi connectivity index (χ2n) is 6.72. The first-order chi connectivity index (χ1) is 12.8. The van der Waals surface area contributed by atoms with Crippen LogP contribution in [0.1, 0.15) is 28.8 Å². The molecule has 1 saturated heterocycles. The minimum absolute atomic E-state index is 0. The topological polar surface area (TPSA) is 92.5 Å². The maximum Gasteiger partial charge on any atom is 0.262 e. The molecule has 0 atom stereocenters. The summed E-state index contributed by atoms with van der Waals surface area (Å²) in [4.78, 5) is 14.4. The molecule has 0 aromatic heterocycles. The number of hydrogen-bond donors (Lipinski definition) is 2. The molecular formula is C19H23ClFN3O3S. The number of piperidine rings is 1. The van der Waals surface area contributed by atoms with Gasteiger partial charge in [0.1, 0.15) is 5.82 Å². The monoisotopic (exact) mass is 427 g/mol. The van der Waals surface area contributed by atoms with Gasteiger partial charge in [-0.3, -0.25) is 9.52 Å². The molecule has 0 aliphatic carbocycles. The largest absolute Gasteiger partial charge is 0.339 e. The standard InChI is InChI=1S/C19H22FN3O3S.ClH/c1-13-2-3-14(19(24)23-10-8-16(21)9-11-23)12-18(13)27(25,26)22-17-6-4-15(20)5-7-17;/h2-7,12,16,22H,8-11,21H2,1H3;1H. The van der Waals surface area contributed by atoms with Gasteiger partial charge >= 0.3 is 0 Å². The molecule has 6 nitrogen and oxygen atoms in total. The molecule has 0 spiro atoms. The average Bonchev–Trinajstić information content (AvgIpc) is 2.64. The Kier molecular flexibility index (Phi) is 7.03. The van der Waals surface area contributed by atoms with Crippen LogP contribution in [0.2, 0.25) is 0 Å². The molecule has 1 heterocycles. The van der Waals surface area contributed by atoms with E-state index < -0.39 is 15.8 Å². The lowest BCUT2D eigenvalue weighted by Gasteiger charge is -2.30. The van der Waals surface area contributed by atoms with Crippen LogP contribution < -0.4 is 10.5 Å². The van der Waals surface area contributed by atoms with E-state index in [0.717, 1.165) is 12.8 Å². The highest BCUT2D eigenvalue weighted by Gasteiger charge is 2.24. The van der Waals surface area contributed by atoms with Crippen LogP contribution in [0, 0.1) is 12.7 Å². The van der Waals surface area contributed by atoms with Crippen molar-refractivity contribution < 1.29 is 17.6 Å². The molecule has 3 N–H and O–H groups in total. The van der Waals surface area contributed by atoms with Gasteiger partial charge in [-0.1, -0.05) is 6.07 Å². The number of anilines is 1. The fourth-order valence-corrected chi connectivity index (χ4v) is 4.37. The minimum Gasteiger partial charge on any atom is -0.339 e. The summed E-state index contributed by atoms with van der Waals surface area (Å²) in [5.74, 6) is -0.664. The molecule has 1 aliphatic heterocycles. The van der Waals surface area contributed by atoms with E-state index in [4.69, 9.17) is 5.73 Å². The lowest BCUT2D eigenvalue weighted by atomic mass is 10.0. The molecule has 0 saturated carbocycles. The van der Waals surface area contributed by atoms with Gasteiger partial charge in [0.25, 0.3) is 15.9 Å². The Bertz CT molecular complexity index is 943. The number of nitrogens with zero attached hydrogens (tertiary/aromatic N) is 1. The van der Waals surface area contributed by atoms with Gasteiger partial charge in [0.2, 0.25) is 0 Å². The summed E-state index contributed by atoms with van der Waals surface area (Å²) in [5, 5.41) is 0. The lowest BCUT2D eigenvalue weighted by molar-refractivity contribution is 0.0714. The van der Waals surface area contributed by atoms with Crippen molar-refractivity contribution in [3.8, 4) is 0 Å². The fraction of sp³-hybridized carbons (Fsp3) is 0.316. The number of carbonyl (C=O) groups is 1. The van der Waals surface area contributed by atoms with Gasteiger partial charge in [0, 0.05) is 30.4 Å². The number of likely N-dealkylation sites (tertiary alicyclic amines) is 1. The maximum absolute atomic E-state index is 13.0. The average molecular weight is 428 g/mol. The van der Waals surface area contributed by atoms with Gasteiger partial charge in [-0.15, -0.1) is 12.4 Å². The van der Waals surface area contributed by atoms with Gasteiger partial charge in [0.05, 0.1) is 4.90 Å². The molecule has 3 rings (SSSR count). The van der Waals surface area contributed by atoms with Crippen LogP contribution in [-0.2, 0) is 10.0 Å². The third kappa shape index (κ3) is 5.01. The third-order valence-corrected chi connectivity index (χ3v) is 6.17. The van der Waals surface area contributed by atoms with E-state index in [1.807, 2.05) is 0 Å². The molecule has 152 valence electrons. The SMILES string of the molecule is Cc1ccc(C(=O)N2CCC(N)CC2)cc1S(=O)(=O)Nc1ccc(F)cc1.Cl. The number of nitrogens with two attached hydrogens (primary N) is 1. The Morgan fingerprint density at radius 3 is 2.36 bits per heavy atom. The number of benzene rings is 2. The first-order valence-corrected chi connectivity index (χ1v) is 10.2. The molecule has 9 heteroatoms. The molecule has 2 aromatic rings. The van der Waals surface area contributed by atoms with E-state index in [1.165, 1.54) is 30.3 Å². The van der Waals surface area contributed by atoms with E-state index in [9.17, 15) is 17.6 Å². The summed E-state index contributed by atoms with van der Waals surface area (Å²) in [6.45, 7) is 2.78. The maximum atomic E-state index is 13.0. The van der Waals surface area contributed by atoms with Crippen LogP contribution in [0.4, 0.5) is 10.1 Å². The van der Waals surface area contributed by atoms with Gasteiger partial charge in [0.15, 0.2) is 0 Å². The Hall–Kier alpha value is -2.16. The zero-order valence-electron chi connectivity index (χ0n) is 15.4. The van der Waals surface area contributed by atoms with Crippen LogP contribution >= 0.6 is 12.4 Å². The first-order valence-electron chi connectivity index (χ1n) is 8.70. The number of sulfonamides is 1. The van der Waals surface area contributed by atoms with Gasteiger partial charge in [-0.25, -0.2) is 12.8 Å². The first kappa shape index (κ1) is 22.1. The van der Waals surface area contributed by atoms with Crippen molar-refractivity contribution in [1.82, 2.24) is 4.90 Å². The van der Waals surface area contributed by atoms with Crippen LogP contribution in [-0.4, -0.2) is 38.4 Å². The quantitative estimate of drug-likeness (QED) is 0.784. The van der Waals surface area contributed by atoms with Gasteiger partial charge in [-0.05, 0) is 61.7 Å². The van der Waals surface area contributed by atoms with E-state index in [-0.39, 0.29) is 34.9 Å². The summed E-state index contributed by atoms with van der Waals surface area (Å²) >= 11 is 0. The highest BCUT2D eigenvalue weighted by atomic mass is 35.5. The second-order valence-corrected chi connectivity index (χ2v) is 8.37. The Labute approximate surface area is 170 Å². The zero-order valence-corrected chi connectivity index (χ0v) is 17.0. The molecule has 1 amide bonds. The Morgan fingerprint density at radius 1 is 1.14 bits per heavy atom. The lowest BCUT2D eigenvalue weighted by Crippen LogP contribution is -2.42. The van der Waals surface area contributed by atoms with Crippen LogP contribution in [0.15, 0.2) is 47.4 Å². The molecular weight excluding hydrogens is 405 g/mol. The molecule has 1 fully saturated rings. The highest BCUT2D eigenvalue weighted by molar-refractivity contribution is 7.92. The number of nitrogens with one attached hydrogen (secondary N) is 1. The van der Waals surface area contributed by atoms with Crippen molar-refractivity contribution >= 4 is 34.0 Å². The van der Waals surface area contributed by atoms with Crippen molar-refractivity contribution in [1.29, 1.82) is 0 Å². The Morgan fingerprint density at radius 2 is 1.75 bits per heavy atom. The number of rotatable bonds is 4. The number of hydrogen-bond acceptors (Lipinski definition) is 4. The number of aryl methyl sites for hydroxylation is 1. The fourth-order valence-electron chi connectivity index (χ4n) is 3.04. The summed E-state index contributed by atoms with van der Waals surface area (Å²) < 4.78 is 41.0. The van der Waals surface area contributed by atoms with E-state index in [1.54, 1.807) is 24.0 Å². The van der Waals surface area contributed by atoms with Crippen LogP contribution in [0.5, 0.6) is 0 Å². The number of halogens is 2. The number of amides is 1. The Balaban J connectivity index is 0.00000280. The summed E-state index contributed by atoms with van der Waals surface area (Å²) in [7, 11) is -3.92. The van der Waals surface area contributed by atoms with Crippen molar-refractivity contribution in [2.24, 2.45) is 5.73 Å². The predicted molar refractivity (Wildman–Crippen MR) is 109 cm³/mol. The van der Waals surface area contributed by atoms with Gasteiger partial charge < -0.3 is 10.6 Å². The van der Waals surface area contributed by atoms with Gasteiger partial charge in [-0.2, -0.15) is 0 Å². The van der Waals surface area contributed by atoms with Crippen molar-refractivity contribution in [2.45, 2.75) is 30.7 Å². The molecule has 28 heavy (non-hydrogen) atoms. The third-order valence-electron chi connectivity index (χ3n) is 4.65. The second kappa shape index (κ2) is 8.89. The van der Waals surface area contributed by atoms with E-state index >= 15 is 0 Å². The zero-order chi connectivity index (χ0) is 19.6. The highest BCUT2D eigenvalue weighted by Crippen LogP contribution is 2.22. The smallest absolute Gasteiger partial charge is 0.262 e. The van der Waals surface area contributed by atoms with Crippen LogP contribution in [0.3, 0.4) is 0 Å². The molecule has 0 unspecified atom stereocenters. The van der Waals surface area contributed by atoms with E-state index in [2.05, 4.69) is 4.72 Å². The molecule has 0 radical (unpaired) electrons.